The van der Waals surface area contributed by atoms with Gasteiger partial charge in [-0.3, -0.25) is 9.59 Å². The van der Waals surface area contributed by atoms with Crippen LogP contribution in [0.1, 0.15) is 16.8 Å². The van der Waals surface area contributed by atoms with E-state index in [0.717, 1.165) is 6.07 Å². The summed E-state index contributed by atoms with van der Waals surface area (Å²) in [4.78, 5) is 24.1. The van der Waals surface area contributed by atoms with Crippen LogP contribution < -0.4 is 0 Å². The van der Waals surface area contributed by atoms with Gasteiger partial charge in [-0.05, 0) is 12.1 Å². The molecule has 0 saturated heterocycles. The van der Waals surface area contributed by atoms with Gasteiger partial charge in [-0.1, -0.05) is 17.7 Å². The molecule has 0 saturated carbocycles. The van der Waals surface area contributed by atoms with Gasteiger partial charge in [0, 0.05) is 13.6 Å². The predicted molar refractivity (Wildman–Crippen MR) is 65.0 cm³/mol. The third kappa shape index (κ3) is 3.43. The lowest BCUT2D eigenvalue weighted by Gasteiger charge is -2.17. The largest absolute Gasteiger partial charge is 0.469 e. The molecule has 0 aromatic heterocycles. The van der Waals surface area contributed by atoms with Crippen molar-refractivity contribution in [1.29, 1.82) is 0 Å². The number of methoxy groups -OCH3 is 1. The van der Waals surface area contributed by atoms with Crippen molar-refractivity contribution >= 4 is 23.5 Å². The first-order valence-electron chi connectivity index (χ1n) is 5.23. The zero-order valence-electron chi connectivity index (χ0n) is 10.1. The Morgan fingerprint density at radius 3 is 2.67 bits per heavy atom. The molecule has 0 radical (unpaired) electrons. The van der Waals surface area contributed by atoms with Gasteiger partial charge in [0.05, 0.1) is 24.1 Å². The Bertz CT molecular complexity index is 444. The Labute approximate surface area is 109 Å². The Morgan fingerprint density at radius 2 is 2.11 bits per heavy atom. The number of hydrogen-bond acceptors (Lipinski definition) is 3. The van der Waals surface area contributed by atoms with Gasteiger partial charge in [0.25, 0.3) is 5.91 Å². The second-order valence-electron chi connectivity index (χ2n) is 3.65. The molecular weight excluding hydrogens is 261 g/mol. The lowest BCUT2D eigenvalue weighted by atomic mass is 10.2. The number of benzene rings is 1. The van der Waals surface area contributed by atoms with Crippen LogP contribution in [0.2, 0.25) is 5.02 Å². The highest BCUT2D eigenvalue weighted by atomic mass is 35.5. The van der Waals surface area contributed by atoms with E-state index >= 15 is 0 Å². The summed E-state index contributed by atoms with van der Waals surface area (Å²) in [7, 11) is 2.73. The normalized spacial score (nSPS) is 10.0. The van der Waals surface area contributed by atoms with E-state index in [4.69, 9.17) is 11.6 Å². The SMILES string of the molecule is COC(=O)CCN(C)C(=O)c1c(F)cccc1Cl. The van der Waals surface area contributed by atoms with E-state index < -0.39 is 17.7 Å². The quantitative estimate of drug-likeness (QED) is 0.790. The van der Waals surface area contributed by atoms with E-state index in [1.54, 1.807) is 0 Å². The van der Waals surface area contributed by atoms with E-state index in [9.17, 15) is 14.0 Å². The molecule has 0 aliphatic carbocycles. The molecule has 1 aromatic carbocycles. The molecule has 1 amide bonds. The first kappa shape index (κ1) is 14.4. The standard InChI is InChI=1S/C12H13ClFNO3/c1-15(7-6-10(16)18-2)12(17)11-8(13)4-3-5-9(11)14/h3-5H,6-7H2,1-2H3. The minimum atomic E-state index is -0.683. The number of halogens is 2. The maximum absolute atomic E-state index is 13.5. The number of amides is 1. The van der Waals surface area contributed by atoms with Gasteiger partial charge < -0.3 is 9.64 Å². The molecule has 0 heterocycles. The fraction of sp³-hybridized carbons (Fsp3) is 0.333. The summed E-state index contributed by atoms with van der Waals surface area (Å²) in [6, 6.07) is 4.02. The number of ether oxygens (including phenoxy) is 1. The summed E-state index contributed by atoms with van der Waals surface area (Å²) in [6.45, 7) is 0.135. The average molecular weight is 274 g/mol. The summed E-state index contributed by atoms with van der Waals surface area (Å²) in [5.74, 6) is -1.69. The minimum Gasteiger partial charge on any atom is -0.469 e. The second-order valence-corrected chi connectivity index (χ2v) is 4.06. The maximum atomic E-state index is 13.5. The predicted octanol–water partition coefficient (Wildman–Crippen LogP) is 2.11. The maximum Gasteiger partial charge on any atom is 0.307 e. The van der Waals surface area contributed by atoms with Crippen molar-refractivity contribution in [2.75, 3.05) is 20.7 Å². The van der Waals surface area contributed by atoms with Gasteiger partial charge in [0.1, 0.15) is 5.82 Å². The summed E-state index contributed by atoms with van der Waals surface area (Å²) < 4.78 is 18.0. The molecule has 0 spiro atoms. The van der Waals surface area contributed by atoms with Crippen molar-refractivity contribution in [1.82, 2.24) is 4.90 Å². The molecule has 0 atom stereocenters. The lowest BCUT2D eigenvalue weighted by molar-refractivity contribution is -0.140. The third-order valence-corrected chi connectivity index (χ3v) is 2.72. The van der Waals surface area contributed by atoms with Crippen LogP contribution in [-0.2, 0) is 9.53 Å². The third-order valence-electron chi connectivity index (χ3n) is 2.40. The Kier molecular flexibility index (Phi) is 5.09. The van der Waals surface area contributed by atoms with Crippen LogP contribution in [0, 0.1) is 5.82 Å². The van der Waals surface area contributed by atoms with Gasteiger partial charge in [0.2, 0.25) is 0 Å². The monoisotopic (exact) mass is 273 g/mol. The number of esters is 1. The summed E-state index contributed by atoms with van der Waals surface area (Å²) in [5, 5.41) is 0.0462. The van der Waals surface area contributed by atoms with Gasteiger partial charge in [0.15, 0.2) is 0 Å². The van der Waals surface area contributed by atoms with E-state index in [0.29, 0.717) is 0 Å². The Morgan fingerprint density at radius 1 is 1.44 bits per heavy atom. The molecule has 0 fully saturated rings. The van der Waals surface area contributed by atoms with Crippen molar-refractivity contribution < 1.29 is 18.7 Å². The fourth-order valence-corrected chi connectivity index (χ4v) is 1.60. The highest BCUT2D eigenvalue weighted by Gasteiger charge is 2.19. The van der Waals surface area contributed by atoms with E-state index in [1.165, 1.54) is 31.2 Å². The molecule has 0 aliphatic heterocycles. The molecule has 0 unspecified atom stereocenters. The molecule has 98 valence electrons. The van der Waals surface area contributed by atoms with Crippen LogP contribution >= 0.6 is 11.6 Å². The highest BCUT2D eigenvalue weighted by molar-refractivity contribution is 6.33. The fourth-order valence-electron chi connectivity index (χ4n) is 1.36. The minimum absolute atomic E-state index is 0.0462. The van der Waals surface area contributed by atoms with Crippen LogP contribution in [0.3, 0.4) is 0 Å². The Hall–Kier alpha value is -1.62. The van der Waals surface area contributed by atoms with Crippen LogP contribution in [0.5, 0.6) is 0 Å². The summed E-state index contributed by atoms with van der Waals surface area (Å²) in [5.41, 5.74) is -0.188. The number of carbonyl (C=O) groups excluding carboxylic acids is 2. The average Bonchev–Trinajstić information content (AvgIpc) is 2.34. The van der Waals surface area contributed by atoms with Crippen molar-refractivity contribution in [3.05, 3.63) is 34.6 Å². The Balaban J connectivity index is 2.78. The van der Waals surface area contributed by atoms with Crippen LogP contribution in [0.15, 0.2) is 18.2 Å². The molecule has 4 nitrogen and oxygen atoms in total. The molecular formula is C12H13ClFNO3. The molecule has 1 aromatic rings. The number of hydrogen-bond donors (Lipinski definition) is 0. The summed E-state index contributed by atoms with van der Waals surface area (Å²) in [6.07, 6.45) is 0.0464. The number of carbonyl (C=O) groups is 2. The smallest absolute Gasteiger partial charge is 0.307 e. The lowest BCUT2D eigenvalue weighted by Crippen LogP contribution is -2.30. The number of rotatable bonds is 4. The van der Waals surface area contributed by atoms with E-state index in [1.807, 2.05) is 0 Å². The molecule has 18 heavy (non-hydrogen) atoms. The zero-order chi connectivity index (χ0) is 13.7. The van der Waals surface area contributed by atoms with Gasteiger partial charge >= 0.3 is 5.97 Å². The van der Waals surface area contributed by atoms with Gasteiger partial charge in [-0.25, -0.2) is 4.39 Å². The first-order chi connectivity index (χ1) is 8.47. The molecule has 6 heteroatoms. The van der Waals surface area contributed by atoms with Crippen molar-refractivity contribution in [3.63, 3.8) is 0 Å². The van der Waals surface area contributed by atoms with Crippen LogP contribution in [-0.4, -0.2) is 37.5 Å². The summed E-state index contributed by atoms with van der Waals surface area (Å²) >= 11 is 5.78. The van der Waals surface area contributed by atoms with Gasteiger partial charge in [-0.2, -0.15) is 0 Å². The van der Waals surface area contributed by atoms with Gasteiger partial charge in [-0.15, -0.1) is 0 Å². The highest BCUT2D eigenvalue weighted by Crippen LogP contribution is 2.20. The molecule has 0 aliphatic rings. The van der Waals surface area contributed by atoms with Crippen molar-refractivity contribution in [2.24, 2.45) is 0 Å². The van der Waals surface area contributed by atoms with Crippen LogP contribution in [0.4, 0.5) is 4.39 Å². The molecule has 1 rings (SSSR count). The molecule has 0 N–H and O–H groups in total. The number of nitrogens with zero attached hydrogens (tertiary/aromatic N) is 1. The van der Waals surface area contributed by atoms with Crippen LogP contribution in [0.25, 0.3) is 0 Å². The first-order valence-corrected chi connectivity index (χ1v) is 5.61. The zero-order valence-corrected chi connectivity index (χ0v) is 10.8. The van der Waals surface area contributed by atoms with E-state index in [2.05, 4.69) is 4.74 Å². The topological polar surface area (TPSA) is 46.6 Å². The van der Waals surface area contributed by atoms with Crippen molar-refractivity contribution in [3.8, 4) is 0 Å². The second kappa shape index (κ2) is 6.35. The van der Waals surface area contributed by atoms with E-state index in [-0.39, 0.29) is 23.6 Å². The molecule has 0 bridgehead atoms. The van der Waals surface area contributed by atoms with Crippen molar-refractivity contribution in [2.45, 2.75) is 6.42 Å².